The molecule has 10 heteroatoms. The molecule has 4 N–H and O–H groups in total. The van der Waals surface area contributed by atoms with Gasteiger partial charge >= 0.3 is 6.09 Å². The highest BCUT2D eigenvalue weighted by Gasteiger charge is 2.33. The van der Waals surface area contributed by atoms with E-state index in [9.17, 15) is 19.2 Å². The van der Waals surface area contributed by atoms with Gasteiger partial charge in [-0.2, -0.15) is 0 Å². The van der Waals surface area contributed by atoms with Crippen LogP contribution in [0.15, 0.2) is 54.6 Å². The van der Waals surface area contributed by atoms with Crippen LogP contribution >= 0.6 is 0 Å². The molecule has 1 aliphatic rings. The van der Waals surface area contributed by atoms with Crippen LogP contribution in [0.5, 0.6) is 0 Å². The van der Waals surface area contributed by atoms with Crippen molar-refractivity contribution in [2.45, 2.75) is 52.6 Å². The third kappa shape index (κ3) is 6.82. The molecule has 0 radical (unpaired) electrons. The number of carbonyl (C=O) groups excluding carboxylic acids is 4. The lowest BCUT2D eigenvalue weighted by Gasteiger charge is -2.40. The number of ether oxygens (including phenoxy) is 1. The van der Waals surface area contributed by atoms with Crippen LogP contribution in [0.2, 0.25) is 0 Å². The molecule has 0 unspecified atom stereocenters. The summed E-state index contributed by atoms with van der Waals surface area (Å²) >= 11 is 0. The number of carbonyl (C=O) groups is 4. The summed E-state index contributed by atoms with van der Waals surface area (Å²) < 4.78 is 5.21. The summed E-state index contributed by atoms with van der Waals surface area (Å²) in [4.78, 5) is 50.9. The summed E-state index contributed by atoms with van der Waals surface area (Å²) in [6, 6.07) is 15.0. The Kier molecular flexibility index (Phi) is 9.02. The third-order valence-electron chi connectivity index (χ3n) is 5.83. The maximum absolute atomic E-state index is 13.1. The molecule has 0 aliphatic carbocycles. The number of hydrazine groups is 1. The molecule has 2 aromatic rings. The zero-order valence-corrected chi connectivity index (χ0v) is 20.8. The standard InChI is InChI=1S/C26H33N5O5/c1-17(2)23(29-26(35)36-16-19-9-5-4-6-10-19)24(33)28-13-22(32)30-14-20-11-7-8-12-21(20)15-31(30)25(34)18(3)27/h4-12,17-18,23H,13-16,27H2,1-3H3,(H,28,33)(H,29,35)/t18-,23-/m0/s1. The van der Waals surface area contributed by atoms with Crippen LogP contribution in [0.3, 0.4) is 0 Å². The van der Waals surface area contributed by atoms with E-state index in [-0.39, 0.29) is 32.2 Å². The topological polar surface area (TPSA) is 134 Å². The lowest BCUT2D eigenvalue weighted by atomic mass is 10.0. The van der Waals surface area contributed by atoms with Crippen molar-refractivity contribution in [1.82, 2.24) is 20.7 Å². The predicted octanol–water partition coefficient (Wildman–Crippen LogP) is 1.69. The van der Waals surface area contributed by atoms with E-state index in [0.29, 0.717) is 0 Å². The lowest BCUT2D eigenvalue weighted by Crippen LogP contribution is -2.58. The number of nitrogens with one attached hydrogen (secondary N) is 2. The van der Waals surface area contributed by atoms with Gasteiger partial charge in [-0.15, -0.1) is 0 Å². The van der Waals surface area contributed by atoms with Gasteiger partial charge in [-0.3, -0.25) is 14.4 Å². The Bertz CT molecular complexity index is 1090. The summed E-state index contributed by atoms with van der Waals surface area (Å²) in [5, 5.41) is 7.77. The molecular weight excluding hydrogens is 462 g/mol. The lowest BCUT2D eigenvalue weighted by molar-refractivity contribution is -0.169. The van der Waals surface area contributed by atoms with Crippen molar-refractivity contribution in [3.63, 3.8) is 0 Å². The normalized spacial score (nSPS) is 14.5. The third-order valence-corrected chi connectivity index (χ3v) is 5.83. The molecule has 2 aromatic carbocycles. The van der Waals surface area contributed by atoms with E-state index in [4.69, 9.17) is 10.5 Å². The van der Waals surface area contributed by atoms with Gasteiger partial charge in [-0.05, 0) is 29.5 Å². The maximum Gasteiger partial charge on any atom is 0.408 e. The predicted molar refractivity (Wildman–Crippen MR) is 133 cm³/mol. The highest BCUT2D eigenvalue weighted by atomic mass is 16.5. The monoisotopic (exact) mass is 495 g/mol. The summed E-state index contributed by atoms with van der Waals surface area (Å²) in [5.41, 5.74) is 8.46. The van der Waals surface area contributed by atoms with Crippen molar-refractivity contribution in [3.8, 4) is 0 Å². The van der Waals surface area contributed by atoms with Crippen molar-refractivity contribution in [3.05, 3.63) is 71.3 Å². The number of benzene rings is 2. The summed E-state index contributed by atoms with van der Waals surface area (Å²) in [6.07, 6.45) is -0.736. The van der Waals surface area contributed by atoms with E-state index in [1.165, 1.54) is 10.0 Å². The minimum absolute atomic E-state index is 0.0669. The van der Waals surface area contributed by atoms with Crippen LogP contribution in [0.1, 0.15) is 37.5 Å². The smallest absolute Gasteiger partial charge is 0.408 e. The van der Waals surface area contributed by atoms with E-state index in [1.54, 1.807) is 20.8 Å². The van der Waals surface area contributed by atoms with Gasteiger partial charge in [0.2, 0.25) is 5.91 Å². The fraction of sp³-hybridized carbons (Fsp3) is 0.385. The Balaban J connectivity index is 1.60. The Hall–Kier alpha value is -3.92. The minimum atomic E-state index is -0.912. The number of nitrogens with two attached hydrogens (primary N) is 1. The molecule has 2 atom stereocenters. The Morgan fingerprint density at radius 3 is 2.08 bits per heavy atom. The highest BCUT2D eigenvalue weighted by molar-refractivity contribution is 5.91. The second kappa shape index (κ2) is 12.2. The molecule has 192 valence electrons. The molecule has 0 spiro atoms. The average molecular weight is 496 g/mol. The molecule has 4 amide bonds. The van der Waals surface area contributed by atoms with E-state index >= 15 is 0 Å². The van der Waals surface area contributed by atoms with Crippen molar-refractivity contribution >= 4 is 23.8 Å². The zero-order valence-electron chi connectivity index (χ0n) is 20.8. The number of nitrogens with zero attached hydrogens (tertiary/aromatic N) is 2. The zero-order chi connectivity index (χ0) is 26.2. The molecule has 3 rings (SSSR count). The first-order valence-electron chi connectivity index (χ1n) is 11.9. The van der Waals surface area contributed by atoms with Crippen LogP contribution in [-0.2, 0) is 38.8 Å². The van der Waals surface area contributed by atoms with Gasteiger partial charge < -0.3 is 21.1 Å². The molecule has 10 nitrogen and oxygen atoms in total. The Morgan fingerprint density at radius 2 is 1.50 bits per heavy atom. The quantitative estimate of drug-likeness (QED) is 0.510. The van der Waals surface area contributed by atoms with Gasteiger partial charge in [0.1, 0.15) is 12.6 Å². The first-order valence-corrected chi connectivity index (χ1v) is 11.9. The van der Waals surface area contributed by atoms with E-state index in [2.05, 4.69) is 10.6 Å². The van der Waals surface area contributed by atoms with Crippen molar-refractivity contribution < 1.29 is 23.9 Å². The minimum Gasteiger partial charge on any atom is -0.445 e. The van der Waals surface area contributed by atoms with Crippen LogP contribution in [0, 0.1) is 5.92 Å². The number of rotatable bonds is 8. The van der Waals surface area contributed by atoms with Crippen molar-refractivity contribution in [1.29, 1.82) is 0 Å². The van der Waals surface area contributed by atoms with E-state index in [0.717, 1.165) is 16.7 Å². The number of fused-ring (bicyclic) bond motifs is 1. The van der Waals surface area contributed by atoms with Gasteiger partial charge in [0.25, 0.3) is 11.8 Å². The van der Waals surface area contributed by atoms with Crippen LogP contribution in [0.4, 0.5) is 4.79 Å². The van der Waals surface area contributed by atoms with Gasteiger partial charge in [0.05, 0.1) is 25.7 Å². The molecule has 0 aromatic heterocycles. The average Bonchev–Trinajstić information content (AvgIpc) is 2.88. The van der Waals surface area contributed by atoms with Crippen LogP contribution in [-0.4, -0.2) is 52.5 Å². The van der Waals surface area contributed by atoms with Gasteiger partial charge in [0.15, 0.2) is 0 Å². The molecule has 0 saturated carbocycles. The second-order valence-corrected chi connectivity index (χ2v) is 9.05. The molecule has 1 aliphatic heterocycles. The van der Waals surface area contributed by atoms with Crippen LogP contribution in [0.25, 0.3) is 0 Å². The van der Waals surface area contributed by atoms with Gasteiger partial charge in [-0.1, -0.05) is 68.4 Å². The summed E-state index contributed by atoms with van der Waals surface area (Å²) in [6.45, 7) is 5.21. The van der Waals surface area contributed by atoms with Crippen molar-refractivity contribution in [2.24, 2.45) is 11.7 Å². The fourth-order valence-corrected chi connectivity index (χ4v) is 3.80. The Labute approximate surface area is 210 Å². The number of hydrogen-bond acceptors (Lipinski definition) is 6. The fourth-order valence-electron chi connectivity index (χ4n) is 3.80. The molecular formula is C26H33N5O5. The number of hydrogen-bond donors (Lipinski definition) is 3. The largest absolute Gasteiger partial charge is 0.445 e. The van der Waals surface area contributed by atoms with Crippen molar-refractivity contribution in [2.75, 3.05) is 6.54 Å². The molecule has 36 heavy (non-hydrogen) atoms. The SMILES string of the molecule is CC(C)[C@H](NC(=O)OCc1ccccc1)C(=O)NCC(=O)N1Cc2ccccc2CN1C(=O)[C@H](C)N. The first-order chi connectivity index (χ1) is 17.2. The molecule has 0 bridgehead atoms. The first kappa shape index (κ1) is 26.7. The summed E-state index contributed by atoms with van der Waals surface area (Å²) in [5.74, 6) is -1.66. The van der Waals surface area contributed by atoms with Gasteiger partial charge in [0, 0.05) is 0 Å². The highest BCUT2D eigenvalue weighted by Crippen LogP contribution is 2.23. The van der Waals surface area contributed by atoms with E-state index in [1.807, 2.05) is 54.6 Å². The van der Waals surface area contributed by atoms with Crippen LogP contribution < -0.4 is 16.4 Å². The van der Waals surface area contributed by atoms with E-state index < -0.39 is 35.9 Å². The second-order valence-electron chi connectivity index (χ2n) is 9.05. The maximum atomic E-state index is 13.1. The molecule has 1 heterocycles. The number of alkyl carbamates (subject to hydrolysis) is 1. The van der Waals surface area contributed by atoms with Gasteiger partial charge in [-0.25, -0.2) is 14.8 Å². The number of amides is 4. The Morgan fingerprint density at radius 1 is 0.917 bits per heavy atom. The molecule has 0 saturated heterocycles. The molecule has 0 fully saturated rings. The summed E-state index contributed by atoms with van der Waals surface area (Å²) in [7, 11) is 0.